The van der Waals surface area contributed by atoms with Gasteiger partial charge in [0.2, 0.25) is 11.8 Å². The number of amides is 3. The van der Waals surface area contributed by atoms with Crippen molar-refractivity contribution < 1.29 is 19.3 Å². The molecular weight excluding hydrogens is 352 g/mol. The molecule has 2 rings (SSSR count). The number of primary amides is 1. The summed E-state index contributed by atoms with van der Waals surface area (Å²) in [6, 6.07) is 10.9. The molecule has 0 bridgehead atoms. The Morgan fingerprint density at radius 1 is 1.11 bits per heavy atom. The number of nitrogens with two attached hydrogens (primary N) is 1. The molecule has 0 heterocycles. The number of para-hydroxylation sites is 1. The summed E-state index contributed by atoms with van der Waals surface area (Å²) in [6.45, 7) is 1.31. The molecule has 0 aliphatic rings. The van der Waals surface area contributed by atoms with Gasteiger partial charge in [-0.25, -0.2) is 0 Å². The predicted octanol–water partition coefficient (Wildman–Crippen LogP) is 1.38. The fraction of sp³-hybridized carbons (Fsp3) is 0.167. The molecule has 0 aromatic heterocycles. The highest BCUT2D eigenvalue weighted by molar-refractivity contribution is 6.04. The number of nitrogens with zero attached hydrogens (tertiary/aromatic N) is 1. The molecule has 0 aliphatic carbocycles. The van der Waals surface area contributed by atoms with E-state index in [1.807, 2.05) is 0 Å². The highest BCUT2D eigenvalue weighted by atomic mass is 16.6. The summed E-state index contributed by atoms with van der Waals surface area (Å²) < 4.78 is 0. The molecular formula is C18H18N4O5. The molecule has 0 saturated heterocycles. The van der Waals surface area contributed by atoms with E-state index in [1.165, 1.54) is 37.3 Å². The fourth-order valence-electron chi connectivity index (χ4n) is 2.43. The number of carbonyl (C=O) groups excluding carboxylic acids is 3. The molecule has 9 nitrogen and oxygen atoms in total. The van der Waals surface area contributed by atoms with Gasteiger partial charge in [-0.1, -0.05) is 24.3 Å². The molecule has 4 N–H and O–H groups in total. The minimum Gasteiger partial charge on any atom is -0.368 e. The van der Waals surface area contributed by atoms with E-state index in [1.54, 1.807) is 18.2 Å². The first-order chi connectivity index (χ1) is 12.8. The largest absolute Gasteiger partial charge is 0.368 e. The number of hydrogen-bond donors (Lipinski definition) is 3. The Morgan fingerprint density at radius 2 is 1.74 bits per heavy atom. The lowest BCUT2D eigenvalue weighted by molar-refractivity contribution is -0.384. The summed E-state index contributed by atoms with van der Waals surface area (Å²) in [4.78, 5) is 45.7. The Balaban J connectivity index is 2.16. The van der Waals surface area contributed by atoms with Crippen molar-refractivity contribution in [2.24, 2.45) is 5.73 Å². The van der Waals surface area contributed by atoms with Crippen molar-refractivity contribution in [3.8, 4) is 0 Å². The van der Waals surface area contributed by atoms with Gasteiger partial charge in [0.15, 0.2) is 0 Å². The number of nitro groups is 1. The first-order valence-corrected chi connectivity index (χ1v) is 7.98. The van der Waals surface area contributed by atoms with E-state index in [9.17, 15) is 24.5 Å². The van der Waals surface area contributed by atoms with Crippen LogP contribution in [0.5, 0.6) is 0 Å². The Labute approximate surface area is 154 Å². The minimum atomic E-state index is -1.02. The maximum atomic E-state index is 12.5. The molecule has 3 amide bonds. The average Bonchev–Trinajstić information content (AvgIpc) is 2.61. The average molecular weight is 370 g/mol. The van der Waals surface area contributed by atoms with Crippen LogP contribution in [0.4, 0.5) is 11.4 Å². The van der Waals surface area contributed by atoms with Crippen LogP contribution in [0.25, 0.3) is 0 Å². The van der Waals surface area contributed by atoms with E-state index in [4.69, 9.17) is 5.73 Å². The zero-order valence-corrected chi connectivity index (χ0v) is 14.5. The van der Waals surface area contributed by atoms with Gasteiger partial charge in [0.1, 0.15) is 6.04 Å². The van der Waals surface area contributed by atoms with Gasteiger partial charge < -0.3 is 16.4 Å². The van der Waals surface area contributed by atoms with Gasteiger partial charge in [-0.3, -0.25) is 24.5 Å². The summed E-state index contributed by atoms with van der Waals surface area (Å²) in [6.07, 6.45) is 0.0708. The standard InChI is InChI=1S/C18H18N4O5/c1-11(23)20-15-5-3-2-4-14(15)18(25)21-16(17(19)24)10-12-6-8-13(9-7-12)22(26)27/h2-9,16H,10H2,1H3,(H2,19,24)(H,20,23)(H,21,25)/t16-/m1/s1. The molecule has 0 radical (unpaired) electrons. The van der Waals surface area contributed by atoms with Gasteiger partial charge in [-0.15, -0.1) is 0 Å². The van der Waals surface area contributed by atoms with E-state index in [0.717, 1.165) is 0 Å². The third-order valence-corrected chi connectivity index (χ3v) is 3.72. The lowest BCUT2D eigenvalue weighted by Crippen LogP contribution is -2.46. The van der Waals surface area contributed by atoms with Crippen molar-refractivity contribution in [3.63, 3.8) is 0 Å². The molecule has 0 fully saturated rings. The van der Waals surface area contributed by atoms with Crippen molar-refractivity contribution in [2.75, 3.05) is 5.32 Å². The van der Waals surface area contributed by atoms with Crippen molar-refractivity contribution in [2.45, 2.75) is 19.4 Å². The molecule has 27 heavy (non-hydrogen) atoms. The van der Waals surface area contributed by atoms with Crippen LogP contribution in [0, 0.1) is 10.1 Å². The van der Waals surface area contributed by atoms with Crippen LogP contribution >= 0.6 is 0 Å². The maximum Gasteiger partial charge on any atom is 0.269 e. The summed E-state index contributed by atoms with van der Waals surface area (Å²) in [5, 5.41) is 15.8. The fourth-order valence-corrected chi connectivity index (χ4v) is 2.43. The third-order valence-electron chi connectivity index (χ3n) is 3.72. The highest BCUT2D eigenvalue weighted by Gasteiger charge is 2.21. The SMILES string of the molecule is CC(=O)Nc1ccccc1C(=O)N[C@H](Cc1ccc([N+](=O)[O-])cc1)C(N)=O. The van der Waals surface area contributed by atoms with Crippen LogP contribution in [0.3, 0.4) is 0 Å². The Hall–Kier alpha value is -3.75. The van der Waals surface area contributed by atoms with E-state index in [-0.39, 0.29) is 23.6 Å². The molecule has 1 atom stereocenters. The van der Waals surface area contributed by atoms with E-state index in [0.29, 0.717) is 11.3 Å². The molecule has 0 aliphatic heterocycles. The first-order valence-electron chi connectivity index (χ1n) is 7.98. The molecule has 9 heteroatoms. The smallest absolute Gasteiger partial charge is 0.269 e. The van der Waals surface area contributed by atoms with Crippen LogP contribution in [-0.4, -0.2) is 28.7 Å². The van der Waals surface area contributed by atoms with Gasteiger partial charge in [0, 0.05) is 25.5 Å². The zero-order chi connectivity index (χ0) is 20.0. The topological polar surface area (TPSA) is 144 Å². The van der Waals surface area contributed by atoms with Crippen LogP contribution in [0.1, 0.15) is 22.8 Å². The monoisotopic (exact) mass is 370 g/mol. The molecule has 0 spiro atoms. The number of benzene rings is 2. The van der Waals surface area contributed by atoms with Crippen molar-refractivity contribution in [1.82, 2.24) is 5.32 Å². The van der Waals surface area contributed by atoms with Crippen LogP contribution in [0.2, 0.25) is 0 Å². The van der Waals surface area contributed by atoms with Gasteiger partial charge in [-0.05, 0) is 17.7 Å². The normalized spacial score (nSPS) is 11.3. The first kappa shape index (κ1) is 19.6. The zero-order valence-electron chi connectivity index (χ0n) is 14.5. The van der Waals surface area contributed by atoms with Gasteiger partial charge in [-0.2, -0.15) is 0 Å². The molecule has 0 unspecified atom stereocenters. The molecule has 0 saturated carbocycles. The number of non-ortho nitro benzene ring substituents is 1. The second kappa shape index (κ2) is 8.56. The molecule has 2 aromatic carbocycles. The van der Waals surface area contributed by atoms with Gasteiger partial charge in [0.25, 0.3) is 11.6 Å². The van der Waals surface area contributed by atoms with E-state index in [2.05, 4.69) is 10.6 Å². The number of rotatable bonds is 7. The third kappa shape index (κ3) is 5.36. The Kier molecular flexibility index (Phi) is 6.21. The van der Waals surface area contributed by atoms with Gasteiger partial charge >= 0.3 is 0 Å². The molecule has 140 valence electrons. The van der Waals surface area contributed by atoms with Crippen molar-refractivity contribution in [1.29, 1.82) is 0 Å². The van der Waals surface area contributed by atoms with E-state index < -0.39 is 22.8 Å². The van der Waals surface area contributed by atoms with Crippen LogP contribution in [-0.2, 0) is 16.0 Å². The minimum absolute atomic E-state index is 0.0708. The van der Waals surface area contributed by atoms with Crippen LogP contribution in [0.15, 0.2) is 48.5 Å². The Bertz CT molecular complexity index is 880. The summed E-state index contributed by atoms with van der Waals surface area (Å²) in [5.41, 5.74) is 6.38. The number of hydrogen-bond acceptors (Lipinski definition) is 5. The Morgan fingerprint density at radius 3 is 2.30 bits per heavy atom. The van der Waals surface area contributed by atoms with E-state index >= 15 is 0 Å². The number of carbonyl (C=O) groups is 3. The number of anilines is 1. The second-order valence-electron chi connectivity index (χ2n) is 5.78. The van der Waals surface area contributed by atoms with Crippen LogP contribution < -0.4 is 16.4 Å². The number of nitro benzene ring substituents is 1. The van der Waals surface area contributed by atoms with Gasteiger partial charge in [0.05, 0.1) is 16.2 Å². The summed E-state index contributed by atoms with van der Waals surface area (Å²) in [5.74, 6) is -1.67. The second-order valence-corrected chi connectivity index (χ2v) is 5.78. The van der Waals surface area contributed by atoms with Crippen molar-refractivity contribution in [3.05, 3.63) is 69.8 Å². The summed E-state index contributed by atoms with van der Waals surface area (Å²) >= 11 is 0. The maximum absolute atomic E-state index is 12.5. The highest BCUT2D eigenvalue weighted by Crippen LogP contribution is 2.16. The predicted molar refractivity (Wildman–Crippen MR) is 98.0 cm³/mol. The van der Waals surface area contributed by atoms with Crippen molar-refractivity contribution >= 4 is 29.1 Å². The molecule has 2 aromatic rings. The quantitative estimate of drug-likeness (QED) is 0.498. The lowest BCUT2D eigenvalue weighted by atomic mass is 10.0. The lowest BCUT2D eigenvalue weighted by Gasteiger charge is -2.17. The number of nitrogens with one attached hydrogen (secondary N) is 2. The summed E-state index contributed by atoms with van der Waals surface area (Å²) in [7, 11) is 0.